The first-order valence-electron chi connectivity index (χ1n) is 11.2. The van der Waals surface area contributed by atoms with Crippen LogP contribution in [0.3, 0.4) is 0 Å². The van der Waals surface area contributed by atoms with Gasteiger partial charge in [-0.3, -0.25) is 19.8 Å². The molecule has 0 saturated heterocycles. The molecule has 36 heavy (non-hydrogen) atoms. The lowest BCUT2D eigenvalue weighted by Gasteiger charge is -2.41. The number of hydrogen-bond donors (Lipinski definition) is 2. The molecule has 0 fully saturated rings. The van der Waals surface area contributed by atoms with E-state index in [1.54, 1.807) is 29.6 Å². The number of benzene rings is 2. The van der Waals surface area contributed by atoms with E-state index in [2.05, 4.69) is 10.3 Å². The number of carbonyl (C=O) groups excluding carboxylic acids is 2. The van der Waals surface area contributed by atoms with Crippen molar-refractivity contribution in [3.63, 3.8) is 0 Å². The highest BCUT2D eigenvalue weighted by molar-refractivity contribution is 7.13. The van der Waals surface area contributed by atoms with Crippen molar-refractivity contribution < 1.29 is 22.8 Å². The monoisotopic (exact) mass is 510 g/mol. The summed E-state index contributed by atoms with van der Waals surface area (Å²) in [6.45, 7) is 0. The van der Waals surface area contributed by atoms with Gasteiger partial charge in [0.2, 0.25) is 0 Å². The van der Waals surface area contributed by atoms with Crippen molar-refractivity contribution in [1.82, 2.24) is 4.98 Å². The fraction of sp³-hybridized carbons (Fsp3) is 0.192. The topological polar surface area (TPSA) is 88.3 Å². The summed E-state index contributed by atoms with van der Waals surface area (Å²) >= 11 is 1.21. The Morgan fingerprint density at radius 2 is 1.89 bits per heavy atom. The number of amides is 1. The summed E-state index contributed by atoms with van der Waals surface area (Å²) in [5.74, 6) is -1.52. The van der Waals surface area contributed by atoms with Crippen LogP contribution < -0.4 is 16.0 Å². The maximum absolute atomic E-state index is 13.6. The van der Waals surface area contributed by atoms with Crippen LogP contribution in [-0.2, 0) is 15.8 Å². The van der Waals surface area contributed by atoms with Crippen LogP contribution in [0.25, 0.3) is 0 Å². The molecule has 5 rings (SSSR count). The summed E-state index contributed by atoms with van der Waals surface area (Å²) in [6, 6.07) is 13.8. The smallest absolute Gasteiger partial charge is 0.384 e. The Hall–Kier alpha value is -3.92. The molecule has 1 amide bonds. The third kappa shape index (κ3) is 4.28. The van der Waals surface area contributed by atoms with Gasteiger partial charge in [-0.2, -0.15) is 13.2 Å². The van der Waals surface area contributed by atoms with Gasteiger partial charge in [0.05, 0.1) is 11.1 Å². The predicted molar refractivity (Wildman–Crippen MR) is 131 cm³/mol. The molecule has 1 aliphatic carbocycles. The van der Waals surface area contributed by atoms with Gasteiger partial charge < -0.3 is 5.73 Å². The van der Waals surface area contributed by atoms with E-state index in [0.717, 1.165) is 12.1 Å². The SMILES string of the molecule is NC1=C(C(=O)Nc2nccs2)C(c2ccccc2)C2=C(CCCC2=O)N1c1cccc(C(F)(F)F)c1. The minimum Gasteiger partial charge on any atom is -0.384 e. The van der Waals surface area contributed by atoms with E-state index in [1.165, 1.54) is 34.6 Å². The first-order valence-corrected chi connectivity index (χ1v) is 12.1. The Morgan fingerprint density at radius 1 is 1.11 bits per heavy atom. The summed E-state index contributed by atoms with van der Waals surface area (Å²) in [4.78, 5) is 32.5. The summed E-state index contributed by atoms with van der Waals surface area (Å²) in [5.41, 5.74) is 7.58. The number of anilines is 2. The number of allylic oxidation sites excluding steroid dienone is 2. The van der Waals surface area contributed by atoms with E-state index in [9.17, 15) is 22.8 Å². The minimum atomic E-state index is -4.57. The zero-order valence-electron chi connectivity index (χ0n) is 18.9. The van der Waals surface area contributed by atoms with Crippen molar-refractivity contribution in [2.24, 2.45) is 5.73 Å². The molecule has 0 radical (unpaired) electrons. The van der Waals surface area contributed by atoms with Crippen LogP contribution >= 0.6 is 11.3 Å². The van der Waals surface area contributed by atoms with Crippen molar-refractivity contribution >= 4 is 33.8 Å². The van der Waals surface area contributed by atoms with Gasteiger partial charge in [0.1, 0.15) is 5.82 Å². The lowest BCUT2D eigenvalue weighted by atomic mass is 9.75. The second-order valence-electron chi connectivity index (χ2n) is 8.45. The van der Waals surface area contributed by atoms with Crippen LogP contribution in [0, 0.1) is 0 Å². The van der Waals surface area contributed by atoms with Crippen molar-refractivity contribution in [3.8, 4) is 0 Å². The fourth-order valence-electron chi connectivity index (χ4n) is 4.76. The lowest BCUT2D eigenvalue weighted by Crippen LogP contribution is -2.41. The molecule has 1 atom stereocenters. The second-order valence-corrected chi connectivity index (χ2v) is 9.35. The average molecular weight is 511 g/mol. The van der Waals surface area contributed by atoms with E-state index in [0.29, 0.717) is 34.8 Å². The van der Waals surface area contributed by atoms with Gasteiger partial charge in [-0.1, -0.05) is 36.4 Å². The number of aromatic nitrogens is 1. The van der Waals surface area contributed by atoms with E-state index >= 15 is 0 Å². The number of ketones is 1. The molecule has 10 heteroatoms. The van der Waals surface area contributed by atoms with Gasteiger partial charge in [0.15, 0.2) is 10.9 Å². The third-order valence-corrected chi connectivity index (χ3v) is 6.94. The molecule has 2 aromatic carbocycles. The van der Waals surface area contributed by atoms with Gasteiger partial charge >= 0.3 is 6.18 Å². The number of nitrogens with two attached hydrogens (primary N) is 1. The zero-order valence-corrected chi connectivity index (χ0v) is 19.7. The zero-order chi connectivity index (χ0) is 25.4. The van der Waals surface area contributed by atoms with Gasteiger partial charge in [0.25, 0.3) is 5.91 Å². The molecule has 0 saturated carbocycles. The molecule has 3 N–H and O–H groups in total. The largest absolute Gasteiger partial charge is 0.416 e. The summed E-state index contributed by atoms with van der Waals surface area (Å²) in [7, 11) is 0. The molecule has 184 valence electrons. The van der Waals surface area contributed by atoms with Gasteiger partial charge in [-0.05, 0) is 36.6 Å². The molecule has 0 spiro atoms. The number of halogens is 3. The molecule has 1 unspecified atom stereocenters. The van der Waals surface area contributed by atoms with Crippen LogP contribution in [0.1, 0.15) is 36.3 Å². The average Bonchev–Trinajstić information content (AvgIpc) is 3.36. The number of rotatable bonds is 4. The normalized spacial score (nSPS) is 18.4. The Labute approximate surface area is 208 Å². The number of hydrogen-bond acceptors (Lipinski definition) is 6. The molecule has 1 aliphatic heterocycles. The maximum Gasteiger partial charge on any atom is 0.416 e. The molecule has 2 heterocycles. The molecular weight excluding hydrogens is 489 g/mol. The van der Waals surface area contributed by atoms with Crippen molar-refractivity contribution in [3.05, 3.63) is 100.0 Å². The van der Waals surface area contributed by atoms with Gasteiger partial charge in [0, 0.05) is 40.9 Å². The first-order chi connectivity index (χ1) is 17.3. The van der Waals surface area contributed by atoms with E-state index in [1.807, 2.05) is 6.07 Å². The molecule has 6 nitrogen and oxygen atoms in total. The van der Waals surface area contributed by atoms with Crippen LogP contribution in [0.2, 0.25) is 0 Å². The Morgan fingerprint density at radius 3 is 2.58 bits per heavy atom. The van der Waals surface area contributed by atoms with E-state index in [4.69, 9.17) is 5.73 Å². The van der Waals surface area contributed by atoms with E-state index < -0.39 is 23.6 Å². The van der Waals surface area contributed by atoms with Crippen LogP contribution in [0.15, 0.2) is 88.8 Å². The maximum atomic E-state index is 13.6. The molecule has 1 aromatic heterocycles. The second kappa shape index (κ2) is 9.27. The quantitative estimate of drug-likeness (QED) is 0.478. The number of alkyl halides is 3. The molecule has 0 bridgehead atoms. The van der Waals surface area contributed by atoms with Crippen LogP contribution in [-0.4, -0.2) is 16.7 Å². The summed E-state index contributed by atoms with van der Waals surface area (Å²) < 4.78 is 40.6. The Bertz CT molecular complexity index is 1380. The predicted octanol–water partition coefficient (Wildman–Crippen LogP) is 5.58. The van der Waals surface area contributed by atoms with Crippen molar-refractivity contribution in [2.75, 3.05) is 10.2 Å². The fourth-order valence-corrected chi connectivity index (χ4v) is 5.28. The number of nitrogens with one attached hydrogen (secondary N) is 1. The Kier molecular flexibility index (Phi) is 6.13. The van der Waals surface area contributed by atoms with Crippen molar-refractivity contribution in [1.29, 1.82) is 0 Å². The summed E-state index contributed by atoms with van der Waals surface area (Å²) in [6.07, 6.45) is -1.79. The lowest BCUT2D eigenvalue weighted by molar-refractivity contribution is -0.137. The van der Waals surface area contributed by atoms with Crippen LogP contribution in [0.5, 0.6) is 0 Å². The number of carbonyl (C=O) groups is 2. The number of nitrogens with zero attached hydrogens (tertiary/aromatic N) is 2. The minimum absolute atomic E-state index is 0.0225. The summed E-state index contributed by atoms with van der Waals surface area (Å²) in [5, 5.41) is 4.77. The standard InChI is InChI=1S/C26H21F3N4O2S/c27-26(28,29)16-8-4-9-17(14-16)33-18-10-5-11-19(34)21(18)20(15-6-2-1-3-7-15)22(23(33)30)24(35)32-25-31-12-13-36-25/h1-4,6-9,12-14,20H,5,10-11,30H2,(H,31,32,35). The molecule has 3 aromatic rings. The molecule has 2 aliphatic rings. The first kappa shape index (κ1) is 23.8. The van der Waals surface area contributed by atoms with Crippen LogP contribution in [0.4, 0.5) is 24.0 Å². The number of thiazole rings is 1. The third-order valence-electron chi connectivity index (χ3n) is 6.25. The van der Waals surface area contributed by atoms with Gasteiger partial charge in [-0.25, -0.2) is 4.98 Å². The number of Topliss-reactive ketones (excluding diaryl/α,β-unsaturated/α-hetero) is 1. The highest BCUT2D eigenvalue weighted by Crippen LogP contribution is 2.47. The van der Waals surface area contributed by atoms with Gasteiger partial charge in [-0.15, -0.1) is 11.3 Å². The highest BCUT2D eigenvalue weighted by atomic mass is 32.1. The van der Waals surface area contributed by atoms with E-state index in [-0.39, 0.29) is 29.3 Å². The Balaban J connectivity index is 1.73. The molecular formula is C26H21F3N4O2S. The van der Waals surface area contributed by atoms with Crippen molar-refractivity contribution in [2.45, 2.75) is 31.4 Å². The highest BCUT2D eigenvalue weighted by Gasteiger charge is 2.43.